The Morgan fingerprint density at radius 2 is 1.41 bits per heavy atom. The molecule has 2 atom stereocenters. The molecule has 2 heteroatoms. The zero-order valence-corrected chi connectivity index (χ0v) is 12.3. The molecule has 2 aliphatic rings. The molecule has 2 fully saturated rings. The predicted octanol–water partition coefficient (Wildman–Crippen LogP) is 2.65. The van der Waals surface area contributed by atoms with E-state index < -0.39 is 0 Å². The molecule has 0 aliphatic carbocycles. The van der Waals surface area contributed by atoms with Gasteiger partial charge >= 0.3 is 0 Å². The van der Waals surface area contributed by atoms with E-state index in [4.69, 9.17) is 0 Å². The Morgan fingerprint density at radius 1 is 0.824 bits per heavy atom. The molecular weight excluding hydrogens is 208 g/mol. The van der Waals surface area contributed by atoms with E-state index in [1.54, 1.807) is 0 Å². The Kier molecular flexibility index (Phi) is 3.33. The SMILES string of the molecule is CC(C)C1(C)CNCC2(CNCC(C)(C)C2)C1. The largest absolute Gasteiger partial charge is 0.316 e. The van der Waals surface area contributed by atoms with Crippen LogP contribution in [0.25, 0.3) is 0 Å². The van der Waals surface area contributed by atoms with Crippen molar-refractivity contribution in [2.75, 3.05) is 26.2 Å². The monoisotopic (exact) mass is 238 g/mol. The minimum absolute atomic E-state index is 0.454. The topological polar surface area (TPSA) is 24.1 Å². The second-order valence-electron chi connectivity index (χ2n) is 8.03. The van der Waals surface area contributed by atoms with E-state index in [0.717, 1.165) is 5.92 Å². The summed E-state index contributed by atoms with van der Waals surface area (Å²) in [7, 11) is 0. The van der Waals surface area contributed by atoms with E-state index in [-0.39, 0.29) is 0 Å². The fraction of sp³-hybridized carbons (Fsp3) is 1.00. The first-order chi connectivity index (χ1) is 7.77. The lowest BCUT2D eigenvalue weighted by Crippen LogP contribution is -2.59. The third-order valence-electron chi connectivity index (χ3n) is 5.16. The summed E-state index contributed by atoms with van der Waals surface area (Å²) in [6.07, 6.45) is 2.74. The van der Waals surface area contributed by atoms with Gasteiger partial charge in [0.1, 0.15) is 0 Å². The van der Waals surface area contributed by atoms with Crippen molar-refractivity contribution >= 4 is 0 Å². The summed E-state index contributed by atoms with van der Waals surface area (Å²) in [5.74, 6) is 0.761. The minimum Gasteiger partial charge on any atom is -0.316 e. The summed E-state index contributed by atoms with van der Waals surface area (Å²) < 4.78 is 0. The van der Waals surface area contributed by atoms with Crippen molar-refractivity contribution in [2.45, 2.75) is 47.5 Å². The van der Waals surface area contributed by atoms with Gasteiger partial charge < -0.3 is 10.6 Å². The molecule has 2 unspecified atom stereocenters. The summed E-state index contributed by atoms with van der Waals surface area (Å²) in [6.45, 7) is 16.8. The maximum absolute atomic E-state index is 3.72. The second-order valence-corrected chi connectivity index (χ2v) is 8.03. The van der Waals surface area contributed by atoms with Gasteiger partial charge in [0.2, 0.25) is 0 Å². The first-order valence-corrected chi connectivity index (χ1v) is 7.19. The number of hydrogen-bond donors (Lipinski definition) is 2. The Morgan fingerprint density at radius 3 is 1.94 bits per heavy atom. The fourth-order valence-corrected chi connectivity index (χ4v) is 4.06. The highest BCUT2D eigenvalue weighted by Crippen LogP contribution is 2.48. The smallest absolute Gasteiger partial charge is 0.00206 e. The van der Waals surface area contributed by atoms with Gasteiger partial charge in [-0.15, -0.1) is 0 Å². The standard InChI is InChI=1S/C15H30N2/c1-12(2)14(5)7-15(11-17-9-14)6-13(3,4)8-16-10-15/h12,16-17H,6-11H2,1-5H3. The van der Waals surface area contributed by atoms with Crippen molar-refractivity contribution in [1.29, 1.82) is 0 Å². The van der Waals surface area contributed by atoms with Gasteiger partial charge in [-0.25, -0.2) is 0 Å². The van der Waals surface area contributed by atoms with Crippen molar-refractivity contribution < 1.29 is 0 Å². The van der Waals surface area contributed by atoms with Crippen LogP contribution in [0.15, 0.2) is 0 Å². The zero-order valence-electron chi connectivity index (χ0n) is 12.3. The van der Waals surface area contributed by atoms with Crippen molar-refractivity contribution in [3.05, 3.63) is 0 Å². The molecule has 0 aromatic rings. The van der Waals surface area contributed by atoms with Gasteiger partial charge in [-0.2, -0.15) is 0 Å². The third kappa shape index (κ3) is 2.68. The normalized spacial score (nSPS) is 42.0. The Labute approximate surface area is 107 Å². The molecule has 0 aromatic carbocycles. The highest BCUT2D eigenvalue weighted by molar-refractivity contribution is 5.02. The molecule has 0 saturated carbocycles. The van der Waals surface area contributed by atoms with Gasteiger partial charge in [0.25, 0.3) is 0 Å². The van der Waals surface area contributed by atoms with Crippen molar-refractivity contribution in [3.8, 4) is 0 Å². The molecule has 0 radical (unpaired) electrons. The lowest BCUT2D eigenvalue weighted by molar-refractivity contribution is 0.0000427. The summed E-state index contributed by atoms with van der Waals surface area (Å²) in [5.41, 5.74) is 1.40. The van der Waals surface area contributed by atoms with E-state index in [9.17, 15) is 0 Å². The van der Waals surface area contributed by atoms with Crippen molar-refractivity contribution in [2.24, 2.45) is 22.2 Å². The average Bonchev–Trinajstić information content (AvgIpc) is 2.14. The number of nitrogens with one attached hydrogen (secondary N) is 2. The predicted molar refractivity (Wildman–Crippen MR) is 74.1 cm³/mol. The van der Waals surface area contributed by atoms with Gasteiger partial charge in [-0.05, 0) is 35.0 Å². The van der Waals surface area contributed by atoms with E-state index in [1.165, 1.54) is 39.0 Å². The molecule has 2 nitrogen and oxygen atoms in total. The van der Waals surface area contributed by atoms with Crippen molar-refractivity contribution in [3.63, 3.8) is 0 Å². The van der Waals surface area contributed by atoms with Crippen LogP contribution in [-0.2, 0) is 0 Å². The first kappa shape index (κ1) is 13.4. The summed E-state index contributed by atoms with van der Waals surface area (Å²) in [4.78, 5) is 0. The molecular formula is C15H30N2. The zero-order chi connectivity index (χ0) is 12.7. The summed E-state index contributed by atoms with van der Waals surface area (Å²) in [5, 5.41) is 7.39. The van der Waals surface area contributed by atoms with Gasteiger partial charge in [0, 0.05) is 26.2 Å². The molecule has 17 heavy (non-hydrogen) atoms. The molecule has 2 N–H and O–H groups in total. The maximum Gasteiger partial charge on any atom is 0.00206 e. The third-order valence-corrected chi connectivity index (χ3v) is 5.16. The highest BCUT2D eigenvalue weighted by atomic mass is 15.0. The van der Waals surface area contributed by atoms with Gasteiger partial charge in [-0.3, -0.25) is 0 Å². The summed E-state index contributed by atoms with van der Waals surface area (Å²) >= 11 is 0. The van der Waals surface area contributed by atoms with Crippen LogP contribution in [-0.4, -0.2) is 26.2 Å². The van der Waals surface area contributed by atoms with Crippen molar-refractivity contribution in [1.82, 2.24) is 10.6 Å². The number of hydrogen-bond acceptors (Lipinski definition) is 2. The lowest BCUT2D eigenvalue weighted by Gasteiger charge is -2.54. The van der Waals surface area contributed by atoms with Gasteiger partial charge in [0.15, 0.2) is 0 Å². The average molecular weight is 238 g/mol. The van der Waals surface area contributed by atoms with Crippen LogP contribution in [0.1, 0.15) is 47.5 Å². The van der Waals surface area contributed by atoms with Crippen LogP contribution in [0.3, 0.4) is 0 Å². The van der Waals surface area contributed by atoms with Crippen LogP contribution in [0, 0.1) is 22.2 Å². The van der Waals surface area contributed by atoms with Crippen LogP contribution in [0.4, 0.5) is 0 Å². The maximum atomic E-state index is 3.72. The molecule has 0 aromatic heterocycles. The minimum atomic E-state index is 0.454. The Bertz CT molecular complexity index is 281. The van der Waals surface area contributed by atoms with E-state index in [0.29, 0.717) is 16.2 Å². The number of rotatable bonds is 1. The van der Waals surface area contributed by atoms with E-state index >= 15 is 0 Å². The van der Waals surface area contributed by atoms with Crippen LogP contribution in [0.2, 0.25) is 0 Å². The molecule has 1 spiro atoms. The van der Waals surface area contributed by atoms with Gasteiger partial charge in [-0.1, -0.05) is 34.6 Å². The second kappa shape index (κ2) is 4.24. The Hall–Kier alpha value is -0.0800. The molecule has 2 aliphatic heterocycles. The molecule has 0 bridgehead atoms. The molecule has 100 valence electrons. The van der Waals surface area contributed by atoms with E-state index in [2.05, 4.69) is 45.3 Å². The molecule has 2 rings (SSSR count). The van der Waals surface area contributed by atoms with E-state index in [1.807, 2.05) is 0 Å². The lowest BCUT2D eigenvalue weighted by atomic mass is 9.58. The quantitative estimate of drug-likeness (QED) is 0.734. The van der Waals surface area contributed by atoms with Crippen LogP contribution < -0.4 is 10.6 Å². The Balaban J connectivity index is 2.15. The molecule has 0 amide bonds. The van der Waals surface area contributed by atoms with Crippen LogP contribution >= 0.6 is 0 Å². The molecule has 2 saturated heterocycles. The summed E-state index contributed by atoms with van der Waals surface area (Å²) in [6, 6.07) is 0. The number of piperidine rings is 2. The molecule has 2 heterocycles. The van der Waals surface area contributed by atoms with Gasteiger partial charge in [0.05, 0.1) is 0 Å². The highest BCUT2D eigenvalue weighted by Gasteiger charge is 2.47. The van der Waals surface area contributed by atoms with Crippen LogP contribution in [0.5, 0.6) is 0 Å². The fourth-order valence-electron chi connectivity index (χ4n) is 4.06. The first-order valence-electron chi connectivity index (χ1n) is 7.19.